The first-order valence-corrected chi connectivity index (χ1v) is 11.2. The Labute approximate surface area is 171 Å². The second-order valence-corrected chi connectivity index (χ2v) is 7.59. The molecule has 28 heavy (non-hydrogen) atoms. The van der Waals surface area contributed by atoms with Gasteiger partial charge in [-0.15, -0.1) is 0 Å². The molecule has 0 aromatic carbocycles. The fraction of sp³-hybridized carbons (Fsp3) is 0.909. The van der Waals surface area contributed by atoms with Gasteiger partial charge in [0.15, 0.2) is 6.10 Å². The molecule has 0 aliphatic heterocycles. The van der Waals surface area contributed by atoms with Crippen molar-refractivity contribution < 1.29 is 29.3 Å². The first kappa shape index (κ1) is 26.9. The molecule has 2 unspecified atom stereocenters. The van der Waals surface area contributed by atoms with Crippen molar-refractivity contribution >= 4 is 11.9 Å². The van der Waals surface area contributed by atoms with Crippen LogP contribution in [0.15, 0.2) is 0 Å². The first-order valence-electron chi connectivity index (χ1n) is 11.2. The lowest BCUT2D eigenvalue weighted by Crippen LogP contribution is -2.30. The van der Waals surface area contributed by atoms with Crippen molar-refractivity contribution in [3.05, 3.63) is 0 Å². The maximum absolute atomic E-state index is 11.8. The summed E-state index contributed by atoms with van der Waals surface area (Å²) in [5, 5.41) is 18.2. The minimum absolute atomic E-state index is 0.245. The van der Waals surface area contributed by atoms with Crippen LogP contribution in [0.1, 0.15) is 104 Å². The summed E-state index contributed by atoms with van der Waals surface area (Å²) in [4.78, 5) is 22.9. The monoisotopic (exact) mass is 402 g/mol. The van der Waals surface area contributed by atoms with Gasteiger partial charge in [0.1, 0.15) is 12.7 Å². The first-order chi connectivity index (χ1) is 13.5. The highest BCUT2D eigenvalue weighted by Crippen LogP contribution is 2.13. The largest absolute Gasteiger partial charge is 0.460 e. The van der Waals surface area contributed by atoms with Gasteiger partial charge in [-0.25, -0.2) is 4.79 Å². The number of aliphatic hydroxyl groups excluding tert-OH is 2. The minimum atomic E-state index is -1.24. The zero-order chi connectivity index (χ0) is 21.0. The van der Waals surface area contributed by atoms with Crippen molar-refractivity contribution in [2.45, 2.75) is 116 Å². The van der Waals surface area contributed by atoms with Crippen molar-refractivity contribution in [2.24, 2.45) is 0 Å². The molecule has 0 aliphatic carbocycles. The van der Waals surface area contributed by atoms with Crippen LogP contribution in [0.3, 0.4) is 0 Å². The van der Waals surface area contributed by atoms with E-state index in [1.807, 2.05) is 0 Å². The molecule has 0 aliphatic rings. The molecule has 0 heterocycles. The summed E-state index contributed by atoms with van der Waals surface area (Å²) < 4.78 is 9.84. The molecule has 0 aromatic rings. The van der Waals surface area contributed by atoms with Gasteiger partial charge in [-0.3, -0.25) is 4.79 Å². The highest BCUT2D eigenvalue weighted by Gasteiger charge is 2.17. The van der Waals surface area contributed by atoms with E-state index < -0.39 is 30.8 Å². The van der Waals surface area contributed by atoms with Gasteiger partial charge >= 0.3 is 11.9 Å². The molecule has 0 spiro atoms. The van der Waals surface area contributed by atoms with E-state index in [9.17, 15) is 14.7 Å². The SMILES string of the molecule is CCCCCCCCCCCCCCCC(=O)OC(CO)COC(=O)C(C)O. The number of esters is 2. The van der Waals surface area contributed by atoms with E-state index in [1.165, 1.54) is 71.1 Å². The lowest BCUT2D eigenvalue weighted by atomic mass is 10.0. The van der Waals surface area contributed by atoms with Crippen LogP contribution in [0.2, 0.25) is 0 Å². The van der Waals surface area contributed by atoms with Crippen molar-refractivity contribution in [1.29, 1.82) is 0 Å². The van der Waals surface area contributed by atoms with Gasteiger partial charge < -0.3 is 19.7 Å². The Balaban J connectivity index is 3.49. The van der Waals surface area contributed by atoms with Crippen LogP contribution in [0, 0.1) is 0 Å². The van der Waals surface area contributed by atoms with Gasteiger partial charge in [-0.2, -0.15) is 0 Å². The second kappa shape index (κ2) is 19.2. The fourth-order valence-electron chi connectivity index (χ4n) is 2.95. The molecule has 0 saturated carbocycles. The zero-order valence-corrected chi connectivity index (χ0v) is 18.0. The van der Waals surface area contributed by atoms with Crippen LogP contribution in [0.4, 0.5) is 0 Å². The summed E-state index contributed by atoms with van der Waals surface area (Å²) in [5.74, 6) is -1.19. The molecule has 2 atom stereocenters. The fourth-order valence-corrected chi connectivity index (χ4v) is 2.95. The van der Waals surface area contributed by atoms with E-state index in [0.29, 0.717) is 6.42 Å². The Kier molecular flexibility index (Phi) is 18.4. The van der Waals surface area contributed by atoms with Gasteiger partial charge in [0.2, 0.25) is 0 Å². The standard InChI is InChI=1S/C22H42O6/c1-3-4-5-6-7-8-9-10-11-12-13-14-15-16-21(25)28-20(17-23)18-27-22(26)19(2)24/h19-20,23-24H,3-18H2,1-2H3. The van der Waals surface area contributed by atoms with E-state index in [1.54, 1.807) is 0 Å². The third-order valence-corrected chi connectivity index (χ3v) is 4.74. The predicted octanol–water partition coefficient (Wildman–Crippen LogP) is 4.30. The van der Waals surface area contributed by atoms with Crippen LogP contribution in [0.25, 0.3) is 0 Å². The summed E-state index contributed by atoms with van der Waals surface area (Å²) in [6, 6.07) is 0. The summed E-state index contributed by atoms with van der Waals surface area (Å²) in [5.41, 5.74) is 0. The van der Waals surface area contributed by atoms with Crippen molar-refractivity contribution in [3.8, 4) is 0 Å². The average molecular weight is 403 g/mol. The van der Waals surface area contributed by atoms with E-state index in [-0.39, 0.29) is 6.61 Å². The number of ether oxygens (including phenoxy) is 2. The van der Waals surface area contributed by atoms with Gasteiger partial charge in [0.25, 0.3) is 0 Å². The molecule has 0 rings (SSSR count). The predicted molar refractivity (Wildman–Crippen MR) is 110 cm³/mol. The molecule has 2 N–H and O–H groups in total. The average Bonchev–Trinajstić information content (AvgIpc) is 2.68. The topological polar surface area (TPSA) is 93.1 Å². The van der Waals surface area contributed by atoms with Gasteiger partial charge in [0, 0.05) is 6.42 Å². The number of hydrogen-bond acceptors (Lipinski definition) is 6. The Morgan fingerprint density at radius 2 is 1.29 bits per heavy atom. The molecule has 166 valence electrons. The highest BCUT2D eigenvalue weighted by molar-refractivity contribution is 5.73. The van der Waals surface area contributed by atoms with Crippen molar-refractivity contribution in [1.82, 2.24) is 0 Å². The maximum Gasteiger partial charge on any atom is 0.334 e. The molecular formula is C22H42O6. The van der Waals surface area contributed by atoms with Crippen LogP contribution < -0.4 is 0 Å². The zero-order valence-electron chi connectivity index (χ0n) is 18.0. The van der Waals surface area contributed by atoms with Crippen LogP contribution in [0.5, 0.6) is 0 Å². The minimum Gasteiger partial charge on any atom is -0.460 e. The molecule has 0 amide bonds. The Morgan fingerprint density at radius 1 is 0.821 bits per heavy atom. The number of carbonyl (C=O) groups excluding carboxylic acids is 2. The molecule has 0 saturated heterocycles. The third kappa shape index (κ3) is 17.0. The summed E-state index contributed by atoms with van der Waals surface area (Å²) in [6.07, 6.45) is 14.3. The highest BCUT2D eigenvalue weighted by atomic mass is 16.6. The number of carbonyl (C=O) groups is 2. The lowest BCUT2D eigenvalue weighted by Gasteiger charge is -2.16. The van der Waals surface area contributed by atoms with Gasteiger partial charge in [0.05, 0.1) is 6.61 Å². The van der Waals surface area contributed by atoms with Crippen molar-refractivity contribution in [2.75, 3.05) is 13.2 Å². The van der Waals surface area contributed by atoms with E-state index in [2.05, 4.69) is 6.92 Å². The number of aliphatic hydroxyl groups is 2. The quantitative estimate of drug-likeness (QED) is 0.247. The van der Waals surface area contributed by atoms with Crippen LogP contribution in [-0.4, -0.2) is 47.6 Å². The molecule has 0 fully saturated rings. The van der Waals surface area contributed by atoms with Crippen molar-refractivity contribution in [3.63, 3.8) is 0 Å². The number of hydrogen-bond donors (Lipinski definition) is 2. The molecular weight excluding hydrogens is 360 g/mol. The van der Waals surface area contributed by atoms with Crippen LogP contribution in [-0.2, 0) is 19.1 Å². The van der Waals surface area contributed by atoms with E-state index in [0.717, 1.165) is 19.3 Å². The molecule has 6 heteroatoms. The number of unbranched alkanes of at least 4 members (excludes halogenated alkanes) is 12. The third-order valence-electron chi connectivity index (χ3n) is 4.74. The molecule has 0 aromatic heterocycles. The lowest BCUT2D eigenvalue weighted by molar-refractivity contribution is -0.165. The second-order valence-electron chi connectivity index (χ2n) is 7.59. The summed E-state index contributed by atoms with van der Waals surface area (Å²) >= 11 is 0. The normalized spacial score (nSPS) is 13.1. The summed E-state index contributed by atoms with van der Waals surface area (Å²) in [6.45, 7) is 2.87. The molecule has 6 nitrogen and oxygen atoms in total. The van der Waals surface area contributed by atoms with E-state index >= 15 is 0 Å². The Bertz CT molecular complexity index is 383. The van der Waals surface area contributed by atoms with Gasteiger partial charge in [-0.05, 0) is 13.3 Å². The Hall–Kier alpha value is -1.14. The molecule has 0 radical (unpaired) electrons. The van der Waals surface area contributed by atoms with E-state index in [4.69, 9.17) is 14.6 Å². The van der Waals surface area contributed by atoms with Crippen LogP contribution >= 0.6 is 0 Å². The van der Waals surface area contributed by atoms with Gasteiger partial charge in [-0.1, -0.05) is 84.0 Å². The summed E-state index contributed by atoms with van der Waals surface area (Å²) in [7, 11) is 0. The number of rotatable bonds is 19. The molecule has 0 bridgehead atoms. The maximum atomic E-state index is 11.8. The smallest absolute Gasteiger partial charge is 0.334 e. The Morgan fingerprint density at radius 3 is 1.71 bits per heavy atom.